The van der Waals surface area contributed by atoms with E-state index in [-0.39, 0.29) is 0 Å². The molecule has 8 aromatic carbocycles. The molecule has 10 rings (SSSR count). The predicted octanol–water partition coefficient (Wildman–Crippen LogP) is 11.5. The Kier molecular flexibility index (Phi) is 6.71. The van der Waals surface area contributed by atoms with E-state index < -0.39 is 5.41 Å². The van der Waals surface area contributed by atoms with Gasteiger partial charge in [-0.05, 0) is 54.9 Å². The summed E-state index contributed by atoms with van der Waals surface area (Å²) >= 11 is 0. The summed E-state index contributed by atoms with van der Waals surface area (Å²) in [4.78, 5) is 15.0. The van der Waals surface area contributed by atoms with E-state index >= 15 is 0 Å². The van der Waals surface area contributed by atoms with Gasteiger partial charge in [-0.15, -0.1) is 0 Å². The van der Waals surface area contributed by atoms with Gasteiger partial charge in [0.05, 0.1) is 5.41 Å². The van der Waals surface area contributed by atoms with E-state index in [9.17, 15) is 0 Å². The van der Waals surface area contributed by atoms with Gasteiger partial charge in [-0.2, -0.15) is 0 Å². The minimum atomic E-state index is -0.557. The number of hydrogen-bond donors (Lipinski definition) is 0. The second-order valence-corrected chi connectivity index (χ2v) is 13.1. The molecule has 3 nitrogen and oxygen atoms in total. The molecule has 238 valence electrons. The molecule has 0 N–H and O–H groups in total. The van der Waals surface area contributed by atoms with Gasteiger partial charge in [0.2, 0.25) is 0 Å². The third-order valence-electron chi connectivity index (χ3n) is 10.4. The highest BCUT2D eigenvalue weighted by Gasteiger charge is 2.47. The third kappa shape index (κ3) is 4.48. The predicted molar refractivity (Wildman–Crippen MR) is 208 cm³/mol. The van der Waals surface area contributed by atoms with Crippen molar-refractivity contribution < 1.29 is 0 Å². The van der Waals surface area contributed by atoms with Crippen molar-refractivity contribution in [1.29, 1.82) is 0 Å². The topological polar surface area (TPSA) is 38.7 Å². The highest BCUT2D eigenvalue weighted by molar-refractivity contribution is 6.19. The zero-order valence-electron chi connectivity index (χ0n) is 27.7. The summed E-state index contributed by atoms with van der Waals surface area (Å²) in [6, 6.07) is 67.0. The molecule has 0 fully saturated rings. The van der Waals surface area contributed by atoms with E-state index in [1.807, 2.05) is 60.7 Å². The molecule has 0 saturated heterocycles. The van der Waals surface area contributed by atoms with Crippen molar-refractivity contribution in [2.24, 2.45) is 0 Å². The van der Waals surface area contributed by atoms with Gasteiger partial charge in [0.25, 0.3) is 0 Å². The van der Waals surface area contributed by atoms with Crippen molar-refractivity contribution in [3.63, 3.8) is 0 Å². The molecule has 0 spiro atoms. The van der Waals surface area contributed by atoms with Crippen LogP contribution in [-0.2, 0) is 5.41 Å². The second-order valence-electron chi connectivity index (χ2n) is 13.1. The minimum Gasteiger partial charge on any atom is -0.208 e. The van der Waals surface area contributed by atoms with Crippen LogP contribution in [0.5, 0.6) is 0 Å². The number of benzene rings is 8. The first-order chi connectivity index (χ1) is 25.3. The van der Waals surface area contributed by atoms with Gasteiger partial charge in [-0.25, -0.2) is 15.0 Å². The van der Waals surface area contributed by atoms with Crippen molar-refractivity contribution >= 4 is 21.5 Å². The average Bonchev–Trinajstić information content (AvgIpc) is 3.54. The quantitative estimate of drug-likeness (QED) is 0.174. The lowest BCUT2D eigenvalue weighted by molar-refractivity contribution is 0.776. The third-order valence-corrected chi connectivity index (χ3v) is 10.4. The SMILES string of the molecule is c1ccc(-c2nc(-c3ccccc3)nc(-c3ccc(C4(c5ccccc5)c5ccccc5-c5c4c4ccccc4c4ccccc54)cc3)n2)cc1. The zero-order chi connectivity index (χ0) is 33.8. The molecule has 1 unspecified atom stereocenters. The van der Waals surface area contributed by atoms with Crippen molar-refractivity contribution in [2.45, 2.75) is 5.41 Å². The Morgan fingerprint density at radius 3 is 1.31 bits per heavy atom. The van der Waals surface area contributed by atoms with Crippen LogP contribution in [0.15, 0.2) is 188 Å². The van der Waals surface area contributed by atoms with Gasteiger partial charge in [0.1, 0.15) is 0 Å². The lowest BCUT2D eigenvalue weighted by Gasteiger charge is -2.35. The maximum absolute atomic E-state index is 5.03. The number of nitrogens with zero attached hydrogens (tertiary/aromatic N) is 3. The molecular weight excluding hydrogens is 619 g/mol. The molecule has 0 amide bonds. The lowest BCUT2D eigenvalue weighted by atomic mass is 9.66. The molecule has 51 heavy (non-hydrogen) atoms. The Morgan fingerprint density at radius 1 is 0.314 bits per heavy atom. The van der Waals surface area contributed by atoms with Crippen LogP contribution in [0, 0.1) is 0 Å². The summed E-state index contributed by atoms with van der Waals surface area (Å²) in [6.07, 6.45) is 0. The molecular formula is C48H31N3. The highest BCUT2D eigenvalue weighted by atomic mass is 15.0. The summed E-state index contributed by atoms with van der Waals surface area (Å²) in [6.45, 7) is 0. The summed E-state index contributed by atoms with van der Waals surface area (Å²) in [5.74, 6) is 1.95. The summed E-state index contributed by atoms with van der Waals surface area (Å²) in [7, 11) is 0. The number of aromatic nitrogens is 3. The van der Waals surface area contributed by atoms with Crippen LogP contribution in [0.2, 0.25) is 0 Å². The Morgan fingerprint density at radius 2 is 0.725 bits per heavy atom. The maximum atomic E-state index is 5.03. The molecule has 0 saturated carbocycles. The smallest absolute Gasteiger partial charge is 0.164 e. The van der Waals surface area contributed by atoms with Crippen LogP contribution in [-0.4, -0.2) is 15.0 Å². The van der Waals surface area contributed by atoms with E-state index in [0.717, 1.165) is 16.7 Å². The second kappa shape index (κ2) is 11.7. The van der Waals surface area contributed by atoms with Gasteiger partial charge in [0.15, 0.2) is 17.5 Å². The lowest BCUT2D eigenvalue weighted by Crippen LogP contribution is -2.28. The molecule has 1 atom stereocenters. The minimum absolute atomic E-state index is 0.557. The van der Waals surface area contributed by atoms with E-state index in [2.05, 4.69) is 127 Å². The number of fused-ring (bicyclic) bond motifs is 8. The molecule has 1 heterocycles. The molecule has 1 aliphatic carbocycles. The van der Waals surface area contributed by atoms with Crippen LogP contribution < -0.4 is 0 Å². The molecule has 1 aromatic heterocycles. The normalized spacial score (nSPS) is 14.7. The van der Waals surface area contributed by atoms with Crippen LogP contribution in [0.25, 0.3) is 66.8 Å². The largest absolute Gasteiger partial charge is 0.208 e. The fourth-order valence-electron chi connectivity index (χ4n) is 8.23. The number of rotatable bonds is 5. The fraction of sp³-hybridized carbons (Fsp3) is 0.0208. The van der Waals surface area contributed by atoms with E-state index in [1.165, 1.54) is 54.9 Å². The van der Waals surface area contributed by atoms with Gasteiger partial charge >= 0.3 is 0 Å². The first-order valence-electron chi connectivity index (χ1n) is 17.4. The highest BCUT2D eigenvalue weighted by Crippen LogP contribution is 2.60. The van der Waals surface area contributed by atoms with Crippen LogP contribution in [0.4, 0.5) is 0 Å². The Balaban J connectivity index is 1.24. The van der Waals surface area contributed by atoms with E-state index in [0.29, 0.717) is 17.5 Å². The standard InChI is InChI=1S/C48H31N3/c1-4-16-32(17-5-1)45-49-46(33-18-6-2-7-19-33)51-47(50-45)34-28-30-36(31-29-34)48(35-20-8-3-9-21-35)42-27-15-14-26-41(42)43-39-24-12-10-22-37(39)38-23-11-13-25-40(38)44(43)48/h1-31H. The zero-order valence-corrected chi connectivity index (χ0v) is 27.7. The van der Waals surface area contributed by atoms with Crippen LogP contribution in [0.3, 0.4) is 0 Å². The molecule has 0 radical (unpaired) electrons. The summed E-state index contributed by atoms with van der Waals surface area (Å²) in [5.41, 5.74) is 9.94. The monoisotopic (exact) mass is 649 g/mol. The first-order valence-corrected chi connectivity index (χ1v) is 17.4. The van der Waals surface area contributed by atoms with Crippen molar-refractivity contribution in [1.82, 2.24) is 15.0 Å². The van der Waals surface area contributed by atoms with Crippen molar-refractivity contribution in [3.8, 4) is 45.3 Å². The Hall–Kier alpha value is -6.71. The van der Waals surface area contributed by atoms with Gasteiger partial charge in [-0.1, -0.05) is 188 Å². The molecule has 3 heteroatoms. The maximum Gasteiger partial charge on any atom is 0.164 e. The van der Waals surface area contributed by atoms with Crippen molar-refractivity contribution in [3.05, 3.63) is 210 Å². The molecule has 0 bridgehead atoms. The van der Waals surface area contributed by atoms with E-state index in [4.69, 9.17) is 15.0 Å². The van der Waals surface area contributed by atoms with Gasteiger partial charge in [-0.3, -0.25) is 0 Å². The van der Waals surface area contributed by atoms with Gasteiger partial charge < -0.3 is 0 Å². The van der Waals surface area contributed by atoms with Crippen LogP contribution >= 0.6 is 0 Å². The van der Waals surface area contributed by atoms with Crippen LogP contribution in [0.1, 0.15) is 22.3 Å². The molecule has 9 aromatic rings. The Labute approximate surface area is 296 Å². The molecule has 1 aliphatic rings. The molecule has 0 aliphatic heterocycles. The summed E-state index contributed by atoms with van der Waals surface area (Å²) in [5, 5.41) is 5.09. The Bertz CT molecular complexity index is 2670. The first kappa shape index (κ1) is 29.2. The fourth-order valence-corrected chi connectivity index (χ4v) is 8.23. The van der Waals surface area contributed by atoms with Crippen molar-refractivity contribution in [2.75, 3.05) is 0 Å². The number of hydrogen-bond acceptors (Lipinski definition) is 3. The van der Waals surface area contributed by atoms with E-state index in [1.54, 1.807) is 0 Å². The van der Waals surface area contributed by atoms with Gasteiger partial charge in [0, 0.05) is 16.7 Å². The average molecular weight is 650 g/mol. The summed E-state index contributed by atoms with van der Waals surface area (Å²) < 4.78 is 0.